The molecule has 2 rings (SSSR count). The molecule has 2 aliphatic carbocycles. The van der Waals surface area contributed by atoms with E-state index in [1.165, 1.54) is 38.5 Å². The van der Waals surface area contributed by atoms with Crippen molar-refractivity contribution in [2.24, 2.45) is 11.3 Å². The van der Waals surface area contributed by atoms with Crippen LogP contribution in [0.2, 0.25) is 0 Å². The highest BCUT2D eigenvalue weighted by Gasteiger charge is 2.45. The fraction of sp³-hybridized carbons (Fsp3) is 1.00. The first-order valence-corrected chi connectivity index (χ1v) is 7.36. The van der Waals surface area contributed by atoms with Gasteiger partial charge >= 0.3 is 0 Å². The Morgan fingerprint density at radius 3 is 1.81 bits per heavy atom. The van der Waals surface area contributed by atoms with Crippen LogP contribution in [-0.2, 0) is 0 Å². The van der Waals surface area contributed by atoms with Gasteiger partial charge in [0.1, 0.15) is 0 Å². The van der Waals surface area contributed by atoms with Crippen LogP contribution in [0, 0.1) is 11.3 Å². The fourth-order valence-corrected chi connectivity index (χ4v) is 4.30. The highest BCUT2D eigenvalue weighted by Crippen LogP contribution is 2.53. The van der Waals surface area contributed by atoms with Crippen LogP contribution in [0.3, 0.4) is 0 Å². The van der Waals surface area contributed by atoms with Crippen molar-refractivity contribution >= 4 is 0 Å². The molecule has 0 aromatic rings. The summed E-state index contributed by atoms with van der Waals surface area (Å²) in [4.78, 5) is 0. The maximum absolute atomic E-state index is 10.8. The molecule has 0 saturated heterocycles. The van der Waals surface area contributed by atoms with Crippen LogP contribution in [0.15, 0.2) is 0 Å². The van der Waals surface area contributed by atoms with Gasteiger partial charge in [0.05, 0.1) is 5.60 Å². The minimum atomic E-state index is -0.322. The predicted molar refractivity (Wildman–Crippen MR) is 68.4 cm³/mol. The van der Waals surface area contributed by atoms with E-state index in [9.17, 15) is 5.11 Å². The van der Waals surface area contributed by atoms with E-state index in [2.05, 4.69) is 13.8 Å². The number of hydrogen-bond donors (Lipinski definition) is 1. The smallest absolute Gasteiger partial charge is 0.0676 e. The lowest BCUT2D eigenvalue weighted by molar-refractivity contribution is -0.0786. The van der Waals surface area contributed by atoms with Gasteiger partial charge in [0.2, 0.25) is 0 Å². The van der Waals surface area contributed by atoms with Crippen molar-refractivity contribution in [3.63, 3.8) is 0 Å². The molecule has 2 fully saturated rings. The van der Waals surface area contributed by atoms with Gasteiger partial charge in [0.25, 0.3) is 0 Å². The molecule has 0 atom stereocenters. The Balaban J connectivity index is 1.97. The van der Waals surface area contributed by atoms with Crippen LogP contribution < -0.4 is 0 Å². The molecular formula is C15H28O. The predicted octanol–water partition coefficient (Wildman–Crippen LogP) is 4.29. The van der Waals surface area contributed by atoms with E-state index in [1.54, 1.807) is 0 Å². The summed E-state index contributed by atoms with van der Waals surface area (Å²) in [5.74, 6) is 0.534. The first kappa shape index (κ1) is 12.4. The van der Waals surface area contributed by atoms with Crippen LogP contribution in [0.5, 0.6) is 0 Å². The van der Waals surface area contributed by atoms with Gasteiger partial charge in [-0.3, -0.25) is 0 Å². The van der Waals surface area contributed by atoms with Crippen LogP contribution >= 0.6 is 0 Å². The van der Waals surface area contributed by atoms with Gasteiger partial charge in [0.15, 0.2) is 0 Å². The van der Waals surface area contributed by atoms with E-state index in [4.69, 9.17) is 0 Å². The Labute approximate surface area is 101 Å². The third-order valence-electron chi connectivity index (χ3n) is 5.59. The third-order valence-corrected chi connectivity index (χ3v) is 5.59. The number of rotatable bonds is 3. The summed E-state index contributed by atoms with van der Waals surface area (Å²) in [5.41, 5.74) is 0.329. The van der Waals surface area contributed by atoms with Gasteiger partial charge in [-0.2, -0.15) is 0 Å². The lowest BCUT2D eigenvalue weighted by atomic mass is 9.63. The van der Waals surface area contributed by atoms with Gasteiger partial charge < -0.3 is 5.11 Å². The first-order valence-electron chi connectivity index (χ1n) is 7.36. The van der Waals surface area contributed by atoms with E-state index >= 15 is 0 Å². The van der Waals surface area contributed by atoms with Crippen molar-refractivity contribution in [3.8, 4) is 0 Å². The summed E-state index contributed by atoms with van der Waals surface area (Å²) in [5, 5.41) is 10.8. The molecule has 16 heavy (non-hydrogen) atoms. The average Bonchev–Trinajstić information content (AvgIpc) is 2.74. The molecule has 2 saturated carbocycles. The Morgan fingerprint density at radius 1 is 0.875 bits per heavy atom. The second kappa shape index (κ2) is 4.68. The zero-order chi connectivity index (χ0) is 11.6. The van der Waals surface area contributed by atoms with Crippen LogP contribution in [-0.4, -0.2) is 10.7 Å². The van der Waals surface area contributed by atoms with Gasteiger partial charge in [-0.05, 0) is 49.9 Å². The van der Waals surface area contributed by atoms with E-state index < -0.39 is 0 Å². The lowest BCUT2D eigenvalue weighted by Crippen LogP contribution is -2.43. The highest BCUT2D eigenvalue weighted by molar-refractivity contribution is 4.97. The lowest BCUT2D eigenvalue weighted by Gasteiger charge is -2.45. The summed E-state index contributed by atoms with van der Waals surface area (Å²) in [6.45, 7) is 4.46. The molecule has 2 aliphatic rings. The molecule has 0 aromatic heterocycles. The molecule has 1 nitrogen and oxygen atoms in total. The molecule has 0 heterocycles. The summed E-state index contributed by atoms with van der Waals surface area (Å²) in [6, 6.07) is 0. The van der Waals surface area contributed by atoms with Gasteiger partial charge in [-0.25, -0.2) is 0 Å². The van der Waals surface area contributed by atoms with E-state index in [1.807, 2.05) is 0 Å². The zero-order valence-corrected chi connectivity index (χ0v) is 11.1. The fourth-order valence-electron chi connectivity index (χ4n) is 4.30. The van der Waals surface area contributed by atoms with Crippen molar-refractivity contribution in [2.45, 2.75) is 83.7 Å². The molecule has 94 valence electrons. The molecule has 1 spiro atoms. The SMILES string of the molecule is CCC(CC)C1(O)CCC2(CCCC2)CC1. The molecule has 1 heteroatoms. The minimum absolute atomic E-state index is 0.322. The van der Waals surface area contributed by atoms with Gasteiger partial charge in [-0.1, -0.05) is 39.5 Å². The second-order valence-corrected chi connectivity index (χ2v) is 6.32. The number of hydrogen-bond acceptors (Lipinski definition) is 1. The first-order chi connectivity index (χ1) is 7.64. The summed E-state index contributed by atoms with van der Waals surface area (Å²) in [7, 11) is 0. The molecule has 1 N–H and O–H groups in total. The average molecular weight is 224 g/mol. The quantitative estimate of drug-likeness (QED) is 0.758. The third kappa shape index (κ3) is 2.16. The molecule has 0 bridgehead atoms. The maximum Gasteiger partial charge on any atom is 0.0676 e. The molecule has 0 aliphatic heterocycles. The van der Waals surface area contributed by atoms with Crippen molar-refractivity contribution < 1.29 is 5.11 Å². The van der Waals surface area contributed by atoms with E-state index in [0.717, 1.165) is 25.7 Å². The molecular weight excluding hydrogens is 196 g/mol. The van der Waals surface area contributed by atoms with Crippen LogP contribution in [0.25, 0.3) is 0 Å². The van der Waals surface area contributed by atoms with E-state index in [0.29, 0.717) is 11.3 Å². The summed E-state index contributed by atoms with van der Waals surface area (Å²) >= 11 is 0. The van der Waals surface area contributed by atoms with Crippen molar-refractivity contribution in [1.82, 2.24) is 0 Å². The standard InChI is InChI=1S/C15H28O/c1-3-13(4-2)15(16)11-9-14(10-12-15)7-5-6-8-14/h13,16H,3-12H2,1-2H3. The monoisotopic (exact) mass is 224 g/mol. The Bertz CT molecular complexity index is 214. The molecule has 0 aromatic carbocycles. The number of aliphatic hydroxyl groups is 1. The van der Waals surface area contributed by atoms with E-state index in [-0.39, 0.29) is 5.60 Å². The molecule has 0 unspecified atom stereocenters. The summed E-state index contributed by atoms with van der Waals surface area (Å²) < 4.78 is 0. The van der Waals surface area contributed by atoms with Gasteiger partial charge in [-0.15, -0.1) is 0 Å². The largest absolute Gasteiger partial charge is 0.390 e. The zero-order valence-electron chi connectivity index (χ0n) is 11.1. The minimum Gasteiger partial charge on any atom is -0.390 e. The Hall–Kier alpha value is -0.0400. The normalized spacial score (nSPS) is 27.8. The van der Waals surface area contributed by atoms with Crippen LogP contribution in [0.4, 0.5) is 0 Å². The van der Waals surface area contributed by atoms with Crippen molar-refractivity contribution in [2.75, 3.05) is 0 Å². The van der Waals surface area contributed by atoms with Crippen molar-refractivity contribution in [1.29, 1.82) is 0 Å². The second-order valence-electron chi connectivity index (χ2n) is 6.32. The topological polar surface area (TPSA) is 20.2 Å². The van der Waals surface area contributed by atoms with Crippen LogP contribution in [0.1, 0.15) is 78.1 Å². The molecule has 0 amide bonds. The Morgan fingerprint density at radius 2 is 1.38 bits per heavy atom. The van der Waals surface area contributed by atoms with Gasteiger partial charge in [0, 0.05) is 0 Å². The summed E-state index contributed by atoms with van der Waals surface area (Å²) in [6.07, 6.45) is 12.7. The molecule has 0 radical (unpaired) electrons. The Kier molecular flexibility index (Phi) is 3.63. The van der Waals surface area contributed by atoms with Crippen molar-refractivity contribution in [3.05, 3.63) is 0 Å². The highest BCUT2D eigenvalue weighted by atomic mass is 16.3. The maximum atomic E-state index is 10.8.